The standard InChI is InChI=1S/C11H12N4O2/c1-17-5-8-14-9-10-7(4-6(12)11(9)16)13-2-3-15(8)10/h4H,2-3,5,12H2,1H3. The number of methoxy groups -OCH3 is 1. The number of hydrogen-bond acceptors (Lipinski definition) is 5. The van der Waals surface area contributed by atoms with Crippen LogP contribution < -0.4 is 5.73 Å². The zero-order valence-corrected chi connectivity index (χ0v) is 9.43. The largest absolute Gasteiger partial charge is 0.395 e. The molecule has 0 bridgehead atoms. The predicted molar refractivity (Wildman–Crippen MR) is 60.9 cm³/mol. The van der Waals surface area contributed by atoms with Gasteiger partial charge in [-0.15, -0.1) is 0 Å². The molecule has 1 aromatic heterocycles. The summed E-state index contributed by atoms with van der Waals surface area (Å²) in [5.74, 6) is 0.526. The molecule has 0 saturated carbocycles. The van der Waals surface area contributed by atoms with Crippen LogP contribution in [0.2, 0.25) is 0 Å². The Bertz CT molecular complexity index is 568. The fourth-order valence-corrected chi connectivity index (χ4v) is 2.21. The molecule has 17 heavy (non-hydrogen) atoms. The molecular weight excluding hydrogens is 220 g/mol. The van der Waals surface area contributed by atoms with E-state index in [9.17, 15) is 4.79 Å². The first-order valence-corrected chi connectivity index (χ1v) is 5.37. The molecule has 6 heteroatoms. The molecule has 2 aliphatic rings. The van der Waals surface area contributed by atoms with Gasteiger partial charge < -0.3 is 15.0 Å². The number of hydrogen-bond donors (Lipinski definition) is 1. The van der Waals surface area contributed by atoms with Gasteiger partial charge in [0.2, 0.25) is 5.78 Å². The van der Waals surface area contributed by atoms with Gasteiger partial charge in [-0.2, -0.15) is 0 Å². The zero-order valence-electron chi connectivity index (χ0n) is 9.43. The van der Waals surface area contributed by atoms with Crippen molar-refractivity contribution in [2.75, 3.05) is 13.7 Å². The van der Waals surface area contributed by atoms with Crippen molar-refractivity contribution >= 4 is 11.5 Å². The molecule has 0 fully saturated rings. The molecule has 3 rings (SSSR count). The summed E-state index contributed by atoms with van der Waals surface area (Å²) in [7, 11) is 1.60. The highest BCUT2D eigenvalue weighted by Crippen LogP contribution is 2.24. The third kappa shape index (κ3) is 1.34. The van der Waals surface area contributed by atoms with Crippen LogP contribution in [0.3, 0.4) is 0 Å². The summed E-state index contributed by atoms with van der Waals surface area (Å²) in [6.07, 6.45) is 1.62. The SMILES string of the molecule is COCc1nc2c3n1CCN=C3C=C(N)C2=O. The predicted octanol–water partition coefficient (Wildman–Crippen LogP) is -0.129. The first kappa shape index (κ1) is 10.2. The lowest BCUT2D eigenvalue weighted by Crippen LogP contribution is -2.27. The van der Waals surface area contributed by atoms with Crippen LogP contribution in [0.15, 0.2) is 16.8 Å². The van der Waals surface area contributed by atoms with Gasteiger partial charge in [-0.1, -0.05) is 0 Å². The summed E-state index contributed by atoms with van der Waals surface area (Å²) < 4.78 is 7.07. The second kappa shape index (κ2) is 3.53. The Kier molecular flexibility index (Phi) is 2.12. The number of ketones is 1. The van der Waals surface area contributed by atoms with Crippen molar-refractivity contribution in [2.45, 2.75) is 13.2 Å². The van der Waals surface area contributed by atoms with Crippen molar-refractivity contribution in [2.24, 2.45) is 10.7 Å². The highest BCUT2D eigenvalue weighted by Gasteiger charge is 2.31. The molecule has 1 aliphatic carbocycles. The van der Waals surface area contributed by atoms with Crippen LogP contribution in [0, 0.1) is 0 Å². The number of nitrogens with zero attached hydrogens (tertiary/aromatic N) is 3. The monoisotopic (exact) mass is 232 g/mol. The van der Waals surface area contributed by atoms with Crippen LogP contribution >= 0.6 is 0 Å². The summed E-state index contributed by atoms with van der Waals surface area (Å²) >= 11 is 0. The number of rotatable bonds is 2. The van der Waals surface area contributed by atoms with Crippen LogP contribution in [0.25, 0.3) is 0 Å². The average Bonchev–Trinajstić information content (AvgIpc) is 2.68. The Morgan fingerprint density at radius 2 is 2.41 bits per heavy atom. The molecule has 2 heterocycles. The molecule has 0 saturated heterocycles. The molecule has 0 radical (unpaired) electrons. The van der Waals surface area contributed by atoms with E-state index in [1.807, 2.05) is 4.57 Å². The first-order chi connectivity index (χ1) is 8.22. The smallest absolute Gasteiger partial charge is 0.229 e. The summed E-state index contributed by atoms with van der Waals surface area (Å²) in [4.78, 5) is 20.6. The summed E-state index contributed by atoms with van der Waals surface area (Å²) in [5, 5.41) is 0. The maximum absolute atomic E-state index is 11.9. The quantitative estimate of drug-likeness (QED) is 0.770. The Hall–Kier alpha value is -1.95. The van der Waals surface area contributed by atoms with Gasteiger partial charge in [0.15, 0.2) is 0 Å². The molecule has 1 aliphatic heterocycles. The van der Waals surface area contributed by atoms with E-state index in [2.05, 4.69) is 9.98 Å². The molecule has 1 aromatic rings. The van der Waals surface area contributed by atoms with E-state index in [1.165, 1.54) is 0 Å². The van der Waals surface area contributed by atoms with E-state index in [4.69, 9.17) is 10.5 Å². The minimum Gasteiger partial charge on any atom is -0.395 e. The molecule has 0 aromatic carbocycles. The van der Waals surface area contributed by atoms with E-state index >= 15 is 0 Å². The second-order valence-electron chi connectivity index (χ2n) is 4.01. The van der Waals surface area contributed by atoms with Gasteiger partial charge in [-0.25, -0.2) is 4.98 Å². The molecule has 88 valence electrons. The van der Waals surface area contributed by atoms with Crippen LogP contribution in [-0.4, -0.2) is 34.7 Å². The molecule has 6 nitrogen and oxygen atoms in total. The number of nitrogens with two attached hydrogens (primary N) is 1. The molecule has 0 unspecified atom stereocenters. The fraction of sp³-hybridized carbons (Fsp3) is 0.364. The number of aromatic nitrogens is 2. The Balaban J connectivity index is 2.23. The second-order valence-corrected chi connectivity index (χ2v) is 4.01. The fourth-order valence-electron chi connectivity index (χ4n) is 2.21. The van der Waals surface area contributed by atoms with Crippen LogP contribution in [0.1, 0.15) is 22.0 Å². The zero-order chi connectivity index (χ0) is 12.0. The lowest BCUT2D eigenvalue weighted by atomic mass is 10.0. The number of ether oxygens (including phenoxy) is 1. The van der Waals surface area contributed by atoms with Crippen molar-refractivity contribution in [3.8, 4) is 0 Å². The third-order valence-electron chi connectivity index (χ3n) is 2.94. The molecule has 2 N–H and O–H groups in total. The lowest BCUT2D eigenvalue weighted by molar-refractivity contribution is 0.102. The van der Waals surface area contributed by atoms with E-state index in [0.717, 1.165) is 23.8 Å². The van der Waals surface area contributed by atoms with Gasteiger partial charge in [0, 0.05) is 13.7 Å². The van der Waals surface area contributed by atoms with Gasteiger partial charge >= 0.3 is 0 Å². The van der Waals surface area contributed by atoms with Crippen LogP contribution in [-0.2, 0) is 17.9 Å². The minimum absolute atomic E-state index is 0.201. The van der Waals surface area contributed by atoms with Gasteiger partial charge in [0.1, 0.15) is 18.1 Å². The molecule has 0 atom stereocenters. The van der Waals surface area contributed by atoms with Gasteiger partial charge in [-0.3, -0.25) is 9.79 Å². The summed E-state index contributed by atoms with van der Waals surface area (Å²) in [5.41, 5.74) is 7.79. The Morgan fingerprint density at radius 1 is 1.59 bits per heavy atom. The van der Waals surface area contributed by atoms with Crippen LogP contribution in [0.4, 0.5) is 0 Å². The van der Waals surface area contributed by atoms with Gasteiger partial charge in [-0.05, 0) is 6.08 Å². The maximum Gasteiger partial charge on any atom is 0.229 e. The number of imidazole rings is 1. The number of aliphatic imine (C=N–C) groups is 1. The average molecular weight is 232 g/mol. The number of carbonyl (C=O) groups is 1. The number of carbonyl (C=O) groups excluding carboxylic acids is 1. The topological polar surface area (TPSA) is 82.5 Å². The van der Waals surface area contributed by atoms with Crippen molar-refractivity contribution in [1.82, 2.24) is 9.55 Å². The lowest BCUT2D eigenvalue weighted by Gasteiger charge is -2.18. The van der Waals surface area contributed by atoms with Crippen molar-refractivity contribution in [1.29, 1.82) is 0 Å². The maximum atomic E-state index is 11.9. The highest BCUT2D eigenvalue weighted by molar-refractivity contribution is 6.24. The highest BCUT2D eigenvalue weighted by atomic mass is 16.5. The van der Waals surface area contributed by atoms with E-state index in [-0.39, 0.29) is 11.5 Å². The van der Waals surface area contributed by atoms with Crippen molar-refractivity contribution in [3.05, 3.63) is 29.0 Å². The Labute approximate surface area is 97.8 Å². The van der Waals surface area contributed by atoms with Crippen molar-refractivity contribution < 1.29 is 9.53 Å². The molecule has 0 spiro atoms. The molecular formula is C11H12N4O2. The number of allylic oxidation sites excluding steroid dienone is 2. The third-order valence-corrected chi connectivity index (χ3v) is 2.94. The van der Waals surface area contributed by atoms with E-state index in [0.29, 0.717) is 18.8 Å². The van der Waals surface area contributed by atoms with Gasteiger partial charge in [0.25, 0.3) is 0 Å². The first-order valence-electron chi connectivity index (χ1n) is 5.37. The summed E-state index contributed by atoms with van der Waals surface area (Å²) in [6.45, 7) is 1.78. The van der Waals surface area contributed by atoms with Crippen LogP contribution in [0.5, 0.6) is 0 Å². The minimum atomic E-state index is -0.225. The summed E-state index contributed by atoms with van der Waals surface area (Å²) in [6, 6.07) is 0. The van der Waals surface area contributed by atoms with E-state index in [1.54, 1.807) is 13.2 Å². The Morgan fingerprint density at radius 3 is 3.18 bits per heavy atom. The van der Waals surface area contributed by atoms with Gasteiger partial charge in [0.05, 0.1) is 23.6 Å². The number of Topliss-reactive ketones (excluding diaryl/α,β-unsaturated/α-hetero) is 1. The molecule has 0 amide bonds. The normalized spacial score (nSPS) is 17.6. The van der Waals surface area contributed by atoms with E-state index < -0.39 is 0 Å². The van der Waals surface area contributed by atoms with Crippen molar-refractivity contribution in [3.63, 3.8) is 0 Å².